The Morgan fingerprint density at radius 1 is 1.56 bits per heavy atom. The topological polar surface area (TPSA) is 119 Å². The number of carbonyl (C=O) groups excluding carboxylic acids is 1. The Hall–Kier alpha value is -1.44. The fourth-order valence-electron chi connectivity index (χ4n) is 1.30. The number of nitrogens with two attached hydrogens (primary N) is 1. The molecular weight excluding hydrogens is 240 g/mol. The number of esters is 1. The van der Waals surface area contributed by atoms with Crippen molar-refractivity contribution in [2.24, 2.45) is 5.73 Å². The van der Waals surface area contributed by atoms with Crippen molar-refractivity contribution in [3.63, 3.8) is 0 Å². The van der Waals surface area contributed by atoms with E-state index in [1.54, 1.807) is 6.92 Å². The number of carbonyl (C=O) groups is 1. The molecule has 1 heterocycles. The summed E-state index contributed by atoms with van der Waals surface area (Å²) < 4.78 is 9.62. The van der Waals surface area contributed by atoms with Crippen LogP contribution in [0.3, 0.4) is 0 Å². The first kappa shape index (κ1) is 14.6. The zero-order chi connectivity index (χ0) is 14.0. The maximum absolute atomic E-state index is 11.7. The van der Waals surface area contributed by atoms with Crippen LogP contribution in [0.4, 0.5) is 0 Å². The summed E-state index contributed by atoms with van der Waals surface area (Å²) in [5, 5.41) is 23.4. The van der Waals surface area contributed by atoms with Crippen LogP contribution in [0.1, 0.15) is 32.2 Å². The maximum Gasteiger partial charge on any atom is 0.345 e. The molecular formula is C11H18N2O5. The molecule has 0 aliphatic rings. The predicted molar refractivity (Wildman–Crippen MR) is 61.3 cm³/mol. The van der Waals surface area contributed by atoms with Crippen molar-refractivity contribution in [3.05, 3.63) is 17.5 Å². The van der Waals surface area contributed by atoms with Gasteiger partial charge in [-0.15, -0.1) is 0 Å². The van der Waals surface area contributed by atoms with Gasteiger partial charge < -0.3 is 25.2 Å². The van der Waals surface area contributed by atoms with Gasteiger partial charge in [-0.2, -0.15) is 0 Å². The first-order valence-corrected chi connectivity index (χ1v) is 5.55. The van der Waals surface area contributed by atoms with E-state index in [1.807, 2.05) is 0 Å². The largest absolute Gasteiger partial charge is 0.464 e. The zero-order valence-corrected chi connectivity index (χ0v) is 10.6. The minimum Gasteiger partial charge on any atom is -0.464 e. The Morgan fingerprint density at radius 3 is 2.56 bits per heavy atom. The van der Waals surface area contributed by atoms with Crippen LogP contribution < -0.4 is 5.73 Å². The second-order valence-electron chi connectivity index (χ2n) is 4.42. The molecule has 1 aromatic rings. The second-order valence-corrected chi connectivity index (χ2v) is 4.42. The van der Waals surface area contributed by atoms with Crippen molar-refractivity contribution in [2.45, 2.75) is 32.0 Å². The molecule has 1 aromatic heterocycles. The highest BCUT2D eigenvalue weighted by atomic mass is 16.6. The van der Waals surface area contributed by atoms with Crippen LogP contribution in [0.15, 0.2) is 10.6 Å². The summed E-state index contributed by atoms with van der Waals surface area (Å²) >= 11 is 0. The first-order chi connectivity index (χ1) is 8.25. The molecule has 102 valence electrons. The average molecular weight is 258 g/mol. The highest BCUT2D eigenvalue weighted by Crippen LogP contribution is 2.26. The standard InChI is InChI=1S/C11H18N2O5/c1-4-17-9(14)11(16,6-12)7-5-8(18-13-7)10(2,3)15/h5,15-16H,4,6,12H2,1-3H3. The summed E-state index contributed by atoms with van der Waals surface area (Å²) in [5.41, 5.74) is 1.98. The summed E-state index contributed by atoms with van der Waals surface area (Å²) in [7, 11) is 0. The van der Waals surface area contributed by atoms with E-state index in [4.69, 9.17) is 15.0 Å². The monoisotopic (exact) mass is 258 g/mol. The van der Waals surface area contributed by atoms with E-state index >= 15 is 0 Å². The van der Waals surface area contributed by atoms with Crippen LogP contribution in [0, 0.1) is 0 Å². The Morgan fingerprint density at radius 2 is 2.17 bits per heavy atom. The minimum atomic E-state index is -2.07. The zero-order valence-electron chi connectivity index (χ0n) is 10.6. The smallest absolute Gasteiger partial charge is 0.345 e. The lowest BCUT2D eigenvalue weighted by Gasteiger charge is -2.21. The van der Waals surface area contributed by atoms with Crippen LogP contribution >= 0.6 is 0 Å². The highest BCUT2D eigenvalue weighted by molar-refractivity contribution is 5.80. The van der Waals surface area contributed by atoms with Crippen molar-refractivity contribution < 1.29 is 24.3 Å². The number of hydrogen-bond acceptors (Lipinski definition) is 7. The number of rotatable bonds is 5. The molecule has 4 N–H and O–H groups in total. The molecule has 0 saturated carbocycles. The van der Waals surface area contributed by atoms with Gasteiger partial charge in [-0.3, -0.25) is 0 Å². The van der Waals surface area contributed by atoms with Crippen molar-refractivity contribution >= 4 is 5.97 Å². The van der Waals surface area contributed by atoms with Gasteiger partial charge in [0.2, 0.25) is 5.60 Å². The number of nitrogens with zero attached hydrogens (tertiary/aromatic N) is 1. The fraction of sp³-hybridized carbons (Fsp3) is 0.636. The molecule has 0 bridgehead atoms. The van der Waals surface area contributed by atoms with Crippen molar-refractivity contribution in [1.29, 1.82) is 0 Å². The third-order valence-corrected chi connectivity index (χ3v) is 2.45. The van der Waals surface area contributed by atoms with Gasteiger partial charge in [0.15, 0.2) is 5.76 Å². The lowest BCUT2D eigenvalue weighted by atomic mass is 9.98. The van der Waals surface area contributed by atoms with E-state index in [-0.39, 0.29) is 18.1 Å². The summed E-state index contributed by atoms with van der Waals surface area (Å²) in [6, 6.07) is 1.28. The molecule has 0 amide bonds. The lowest BCUT2D eigenvalue weighted by molar-refractivity contribution is -0.165. The molecule has 0 aliphatic heterocycles. The Bertz CT molecular complexity index is 423. The van der Waals surface area contributed by atoms with Gasteiger partial charge in [0.05, 0.1) is 6.61 Å². The number of aliphatic hydroxyl groups is 2. The van der Waals surface area contributed by atoms with Gasteiger partial charge in [0.25, 0.3) is 0 Å². The van der Waals surface area contributed by atoms with E-state index in [0.29, 0.717) is 0 Å². The SMILES string of the molecule is CCOC(=O)C(O)(CN)c1cc(C(C)(C)O)on1. The number of ether oxygens (including phenoxy) is 1. The molecule has 18 heavy (non-hydrogen) atoms. The fourth-order valence-corrected chi connectivity index (χ4v) is 1.30. The van der Waals surface area contributed by atoms with Gasteiger partial charge in [0, 0.05) is 12.6 Å². The Kier molecular flexibility index (Phi) is 4.10. The van der Waals surface area contributed by atoms with Gasteiger partial charge in [0.1, 0.15) is 11.3 Å². The van der Waals surface area contributed by atoms with E-state index in [0.717, 1.165) is 0 Å². The van der Waals surface area contributed by atoms with Gasteiger partial charge in [-0.1, -0.05) is 5.16 Å². The molecule has 0 spiro atoms. The molecule has 0 fully saturated rings. The lowest BCUT2D eigenvalue weighted by Crippen LogP contribution is -2.44. The molecule has 7 nitrogen and oxygen atoms in total. The quantitative estimate of drug-likeness (QED) is 0.615. The molecule has 1 unspecified atom stereocenters. The van der Waals surface area contributed by atoms with Crippen molar-refractivity contribution in [1.82, 2.24) is 5.16 Å². The Labute approximate surface area is 105 Å². The van der Waals surface area contributed by atoms with Gasteiger partial charge in [-0.05, 0) is 20.8 Å². The van der Waals surface area contributed by atoms with Gasteiger partial charge in [-0.25, -0.2) is 4.79 Å². The van der Waals surface area contributed by atoms with E-state index < -0.39 is 23.7 Å². The molecule has 1 atom stereocenters. The normalized spacial score (nSPS) is 15.2. The molecule has 0 saturated heterocycles. The van der Waals surface area contributed by atoms with Crippen LogP contribution in [0.25, 0.3) is 0 Å². The predicted octanol–water partition coefficient (Wildman–Crippen LogP) is -0.389. The first-order valence-electron chi connectivity index (χ1n) is 5.55. The summed E-state index contributed by atoms with van der Waals surface area (Å²) in [6.45, 7) is 4.30. The molecule has 7 heteroatoms. The van der Waals surface area contributed by atoms with Crippen LogP contribution in [-0.2, 0) is 20.7 Å². The maximum atomic E-state index is 11.7. The summed E-state index contributed by atoms with van der Waals surface area (Å²) in [6.07, 6.45) is 0. The van der Waals surface area contributed by atoms with Crippen LogP contribution in [0.2, 0.25) is 0 Å². The van der Waals surface area contributed by atoms with Crippen molar-refractivity contribution in [2.75, 3.05) is 13.2 Å². The highest BCUT2D eigenvalue weighted by Gasteiger charge is 2.42. The minimum absolute atomic E-state index is 0.0828. The Balaban J connectivity index is 3.09. The summed E-state index contributed by atoms with van der Waals surface area (Å²) in [4.78, 5) is 11.7. The van der Waals surface area contributed by atoms with E-state index in [2.05, 4.69) is 5.16 Å². The van der Waals surface area contributed by atoms with Crippen LogP contribution in [-0.4, -0.2) is 34.5 Å². The number of aromatic nitrogens is 1. The third-order valence-electron chi connectivity index (χ3n) is 2.45. The second kappa shape index (κ2) is 5.05. The summed E-state index contributed by atoms with van der Waals surface area (Å²) in [5.74, 6) is -0.781. The number of hydrogen-bond donors (Lipinski definition) is 3. The van der Waals surface area contributed by atoms with E-state index in [1.165, 1.54) is 19.9 Å². The molecule has 0 radical (unpaired) electrons. The molecule has 0 aliphatic carbocycles. The van der Waals surface area contributed by atoms with Gasteiger partial charge >= 0.3 is 5.97 Å². The van der Waals surface area contributed by atoms with Crippen molar-refractivity contribution in [3.8, 4) is 0 Å². The average Bonchev–Trinajstić information content (AvgIpc) is 2.77. The van der Waals surface area contributed by atoms with Crippen LogP contribution in [0.5, 0.6) is 0 Å². The third kappa shape index (κ3) is 2.69. The van der Waals surface area contributed by atoms with E-state index in [9.17, 15) is 15.0 Å². The molecule has 0 aromatic carbocycles. The molecule has 1 rings (SSSR count).